The van der Waals surface area contributed by atoms with Crippen LogP contribution >= 0.6 is 7.82 Å². The van der Waals surface area contributed by atoms with Gasteiger partial charge in [-0.3, -0.25) is 13.8 Å². The van der Waals surface area contributed by atoms with Crippen LogP contribution in [0.1, 0.15) is 44.9 Å². The first-order valence-electron chi connectivity index (χ1n) is 11.4. The van der Waals surface area contributed by atoms with Crippen LogP contribution < -0.4 is 9.47 Å². The van der Waals surface area contributed by atoms with Gasteiger partial charge in [-0.25, -0.2) is 4.57 Å². The molecule has 0 fully saturated rings. The van der Waals surface area contributed by atoms with Gasteiger partial charge in [0.25, 0.3) is 0 Å². The molecule has 0 amide bonds. The lowest BCUT2D eigenvalue weighted by Gasteiger charge is -2.34. The molecule has 3 atom stereocenters. The number of carbonyl (C=O) groups is 1. The number of aliphatic carboxylic acids is 1. The molecule has 10 nitrogen and oxygen atoms in total. The van der Waals surface area contributed by atoms with Gasteiger partial charge in [-0.2, -0.15) is 0 Å². The van der Waals surface area contributed by atoms with Crippen LogP contribution in [-0.4, -0.2) is 78.6 Å². The third-order valence-electron chi connectivity index (χ3n) is 4.89. The number of phosphoric ester groups is 1. The highest BCUT2D eigenvalue weighted by molar-refractivity contribution is 7.47. The summed E-state index contributed by atoms with van der Waals surface area (Å²) in [5.41, 5.74) is 0. The highest BCUT2D eigenvalue weighted by Crippen LogP contribution is 2.46. The lowest BCUT2D eigenvalue weighted by Crippen LogP contribution is -2.52. The van der Waals surface area contributed by atoms with E-state index >= 15 is 0 Å². The van der Waals surface area contributed by atoms with Crippen LogP contribution in [0.3, 0.4) is 0 Å². The van der Waals surface area contributed by atoms with Gasteiger partial charge in [0.05, 0.1) is 40.8 Å². The van der Waals surface area contributed by atoms with E-state index in [1.54, 1.807) is 21.1 Å². The smallest absolute Gasteiger partial charge is 0.494 e. The summed E-state index contributed by atoms with van der Waals surface area (Å²) in [4.78, 5) is 20.9. The third-order valence-corrected chi connectivity index (χ3v) is 5.94. The van der Waals surface area contributed by atoms with Crippen molar-refractivity contribution in [3.05, 3.63) is 24.3 Å². The molecule has 1 aromatic carbocycles. The van der Waals surface area contributed by atoms with E-state index < -0.39 is 38.9 Å². The molecule has 0 radical (unpaired) electrons. The summed E-state index contributed by atoms with van der Waals surface area (Å²) >= 11 is 0. The van der Waals surface area contributed by atoms with Gasteiger partial charge in [-0.1, -0.05) is 25.7 Å². The number of carboxylic acid groups (broad SMARTS) is 1. The van der Waals surface area contributed by atoms with E-state index in [1.165, 1.54) is 24.3 Å². The minimum absolute atomic E-state index is 0.0643. The predicted molar refractivity (Wildman–Crippen MR) is 123 cm³/mol. The zero-order chi connectivity index (χ0) is 27.4. The Kier molecular flexibility index (Phi) is 13.2. The van der Waals surface area contributed by atoms with Crippen molar-refractivity contribution in [1.29, 1.82) is 0 Å². The van der Waals surface area contributed by atoms with Crippen LogP contribution in [0.5, 0.6) is 11.5 Å². The number of halogens is 3. The number of unbranched alkanes of at least 4 members (excludes halogenated alkanes) is 5. The average molecular weight is 546 g/mol. The number of carboxylic acids is 1. The van der Waals surface area contributed by atoms with E-state index in [0.29, 0.717) is 18.8 Å². The molecule has 1 aromatic rings. The van der Waals surface area contributed by atoms with E-state index in [2.05, 4.69) is 4.74 Å². The number of quaternary nitrogens is 1. The lowest BCUT2D eigenvalue weighted by atomic mass is 10.1. The third kappa shape index (κ3) is 14.6. The molecule has 0 saturated heterocycles. The fraction of sp³-hybridized carbons (Fsp3) is 0.682. The van der Waals surface area contributed by atoms with Gasteiger partial charge in [-0.05, 0) is 37.1 Å². The molecule has 0 bridgehead atoms. The Hall–Kier alpha value is -1.89. The van der Waals surface area contributed by atoms with Gasteiger partial charge in [0, 0.05) is 0 Å². The molecule has 0 aliphatic heterocycles. The maximum atomic E-state index is 12.2. The summed E-state index contributed by atoms with van der Waals surface area (Å²) in [5.74, 6) is -1.16. The van der Waals surface area contributed by atoms with Crippen molar-refractivity contribution in [2.75, 3.05) is 34.4 Å². The van der Waals surface area contributed by atoms with Crippen LogP contribution in [-0.2, 0) is 18.4 Å². The molecule has 0 heterocycles. The van der Waals surface area contributed by atoms with Gasteiger partial charge in [0.2, 0.25) is 6.23 Å². The topological polar surface area (TPSA) is 132 Å². The maximum Gasteiger partial charge on any atom is 0.573 e. The summed E-state index contributed by atoms with van der Waals surface area (Å²) in [6, 6.07) is 5.16. The molecule has 0 aliphatic carbocycles. The van der Waals surface area contributed by atoms with Crippen molar-refractivity contribution in [2.45, 2.75) is 63.6 Å². The zero-order valence-electron chi connectivity index (χ0n) is 20.6. The summed E-state index contributed by atoms with van der Waals surface area (Å²) in [6.07, 6.45) is -3.64. The molecule has 0 spiro atoms. The molecule has 1 rings (SSSR count). The SMILES string of the molecule is C[N+](C)(C)C(O)[C@@H](CC(=O)O)OP(=O)(O)OCCCCCCCCOc1ccc(OC(F)(F)F)cc1. The van der Waals surface area contributed by atoms with Gasteiger partial charge >= 0.3 is 20.2 Å². The summed E-state index contributed by atoms with van der Waals surface area (Å²) in [6.45, 7) is 0.343. The normalized spacial score (nSPS) is 15.7. The number of hydrogen-bond donors (Lipinski definition) is 3. The molecule has 0 aromatic heterocycles. The Morgan fingerprint density at radius 3 is 1.97 bits per heavy atom. The first-order valence-corrected chi connectivity index (χ1v) is 12.9. The van der Waals surface area contributed by atoms with Crippen molar-refractivity contribution in [1.82, 2.24) is 0 Å². The Bertz CT molecular complexity index is 832. The van der Waals surface area contributed by atoms with Crippen LogP contribution in [0.25, 0.3) is 0 Å². The van der Waals surface area contributed by atoms with E-state index in [-0.39, 0.29) is 16.8 Å². The summed E-state index contributed by atoms with van der Waals surface area (Å²) in [7, 11) is 0.214. The quantitative estimate of drug-likeness (QED) is 0.107. The van der Waals surface area contributed by atoms with Crippen molar-refractivity contribution >= 4 is 13.8 Å². The highest BCUT2D eigenvalue weighted by Gasteiger charge is 2.39. The van der Waals surface area contributed by atoms with Crippen molar-refractivity contribution in [3.63, 3.8) is 0 Å². The first-order chi connectivity index (χ1) is 16.6. The standard InChI is InChI=1S/C22H35F3NO9P/c1-26(2,3)21(29)19(16-20(27)28)35-36(30,31)33-15-9-7-5-4-6-8-14-32-17-10-12-18(13-11-17)34-22(23,24)25/h10-13,19,21,29H,4-9,14-16H2,1-3H3,(H-,27,28,30,31)/p+1/t19-,21?/m1/s1. The Balaban J connectivity index is 2.19. The number of alkyl halides is 3. The number of benzene rings is 1. The van der Waals surface area contributed by atoms with E-state index in [4.69, 9.17) is 18.9 Å². The lowest BCUT2D eigenvalue weighted by molar-refractivity contribution is -0.922. The van der Waals surface area contributed by atoms with Crippen molar-refractivity contribution in [3.8, 4) is 11.5 Å². The number of ether oxygens (including phenoxy) is 2. The fourth-order valence-corrected chi connectivity index (χ4v) is 4.03. The van der Waals surface area contributed by atoms with Crippen LogP contribution in [0, 0.1) is 0 Å². The number of phosphoric acid groups is 1. The first kappa shape index (κ1) is 32.1. The van der Waals surface area contributed by atoms with Gasteiger partial charge in [-0.15, -0.1) is 13.2 Å². The van der Waals surface area contributed by atoms with Gasteiger partial charge < -0.3 is 29.1 Å². The minimum atomic E-state index is -4.74. The zero-order valence-corrected chi connectivity index (χ0v) is 21.5. The van der Waals surface area contributed by atoms with Crippen LogP contribution in [0.2, 0.25) is 0 Å². The molecule has 3 N–H and O–H groups in total. The van der Waals surface area contributed by atoms with Crippen molar-refractivity contribution in [2.24, 2.45) is 0 Å². The maximum absolute atomic E-state index is 12.2. The number of aliphatic hydroxyl groups is 1. The number of rotatable bonds is 18. The van der Waals surface area contributed by atoms with E-state index in [0.717, 1.165) is 32.1 Å². The Labute approximate surface area is 208 Å². The van der Waals surface area contributed by atoms with Crippen LogP contribution in [0.4, 0.5) is 13.2 Å². The fourth-order valence-electron chi connectivity index (χ4n) is 3.09. The number of nitrogens with zero attached hydrogens (tertiary/aromatic N) is 1. The molecular formula is C22H36F3NO9P+. The molecule has 0 saturated carbocycles. The van der Waals surface area contributed by atoms with E-state index in [9.17, 15) is 32.5 Å². The number of hydrogen-bond acceptors (Lipinski definition) is 7. The summed E-state index contributed by atoms with van der Waals surface area (Å²) < 4.78 is 67.6. The van der Waals surface area contributed by atoms with Gasteiger partial charge in [0.15, 0.2) is 6.10 Å². The Morgan fingerprint density at radius 1 is 0.972 bits per heavy atom. The molecule has 0 aliphatic rings. The van der Waals surface area contributed by atoms with Crippen molar-refractivity contribution < 1.29 is 60.6 Å². The van der Waals surface area contributed by atoms with E-state index in [1.807, 2.05) is 0 Å². The molecular weight excluding hydrogens is 510 g/mol. The monoisotopic (exact) mass is 546 g/mol. The molecule has 14 heteroatoms. The second kappa shape index (κ2) is 14.7. The average Bonchev–Trinajstić information content (AvgIpc) is 2.73. The molecule has 36 heavy (non-hydrogen) atoms. The molecule has 208 valence electrons. The summed E-state index contributed by atoms with van der Waals surface area (Å²) in [5, 5.41) is 19.2. The number of aliphatic hydroxyl groups excluding tert-OH is 1. The molecule has 2 unspecified atom stereocenters. The second-order valence-electron chi connectivity index (χ2n) is 9.06. The van der Waals surface area contributed by atoms with Crippen LogP contribution in [0.15, 0.2) is 24.3 Å². The second-order valence-corrected chi connectivity index (χ2v) is 10.5. The highest BCUT2D eigenvalue weighted by atomic mass is 31.2. The Morgan fingerprint density at radius 2 is 1.47 bits per heavy atom. The predicted octanol–water partition coefficient (Wildman–Crippen LogP) is 4.31. The van der Waals surface area contributed by atoms with Gasteiger partial charge in [0.1, 0.15) is 11.5 Å². The minimum Gasteiger partial charge on any atom is -0.494 e. The number of likely N-dealkylation sites (N-methyl/N-ethyl adjacent to an activating group) is 1. The largest absolute Gasteiger partial charge is 0.573 e.